The Morgan fingerprint density at radius 1 is 0.935 bits per heavy atom. The predicted octanol–water partition coefficient (Wildman–Crippen LogP) is 5.60. The van der Waals surface area contributed by atoms with Crippen molar-refractivity contribution in [3.8, 4) is 5.88 Å². The van der Waals surface area contributed by atoms with Gasteiger partial charge in [-0.2, -0.15) is 4.98 Å². The van der Waals surface area contributed by atoms with Crippen molar-refractivity contribution in [1.29, 1.82) is 0 Å². The van der Waals surface area contributed by atoms with Crippen LogP contribution in [0, 0.1) is 0 Å². The summed E-state index contributed by atoms with van der Waals surface area (Å²) in [5, 5.41) is 1.17. The Morgan fingerprint density at radius 2 is 1.50 bits per heavy atom. The van der Waals surface area contributed by atoms with Gasteiger partial charge in [-0.05, 0) is 56.2 Å². The van der Waals surface area contributed by atoms with Crippen molar-refractivity contribution in [2.45, 2.75) is 58.0 Å². The van der Waals surface area contributed by atoms with Gasteiger partial charge in [0.15, 0.2) is 0 Å². The van der Waals surface area contributed by atoms with E-state index in [0.717, 1.165) is 11.1 Å². The van der Waals surface area contributed by atoms with Crippen molar-refractivity contribution in [3.05, 3.63) is 87.3 Å². The SMILES string of the molecule is CCOc1nc(C(C)(C)C)ncc1C1=N[C@@](C)(c2ccc(Cl)cc2)[C@@](C)(c2ccc(Cl)cc2)N1C(=O)N1CCN(CC(N)=O)CC1. The van der Waals surface area contributed by atoms with Crippen molar-refractivity contribution < 1.29 is 14.3 Å². The summed E-state index contributed by atoms with van der Waals surface area (Å²) >= 11 is 12.7. The molecule has 3 aromatic rings. The molecule has 0 aliphatic carbocycles. The average Bonchev–Trinajstić information content (AvgIpc) is 3.25. The van der Waals surface area contributed by atoms with E-state index in [-0.39, 0.29) is 18.0 Å². The molecule has 3 heterocycles. The van der Waals surface area contributed by atoms with E-state index in [1.165, 1.54) is 0 Å². The number of rotatable bonds is 7. The molecule has 244 valence electrons. The Hall–Kier alpha value is -3.73. The second-order valence-corrected chi connectivity index (χ2v) is 13.9. The largest absolute Gasteiger partial charge is 0.477 e. The number of aliphatic imine (C=N–C) groups is 1. The number of nitrogens with zero attached hydrogens (tertiary/aromatic N) is 6. The number of urea groups is 1. The van der Waals surface area contributed by atoms with Crippen LogP contribution in [0.5, 0.6) is 5.88 Å². The maximum atomic E-state index is 15.0. The lowest BCUT2D eigenvalue weighted by Gasteiger charge is -2.47. The lowest BCUT2D eigenvalue weighted by molar-refractivity contribution is -0.119. The minimum atomic E-state index is -1.06. The van der Waals surface area contributed by atoms with Crippen LogP contribution in [0.2, 0.25) is 10.0 Å². The molecule has 0 radical (unpaired) electrons. The highest BCUT2D eigenvalue weighted by molar-refractivity contribution is 6.30. The molecule has 1 fully saturated rings. The van der Waals surface area contributed by atoms with Crippen molar-refractivity contribution in [1.82, 2.24) is 24.7 Å². The molecule has 1 saturated heterocycles. The van der Waals surface area contributed by atoms with Gasteiger partial charge in [0.2, 0.25) is 11.8 Å². The fraction of sp³-hybridized carbons (Fsp3) is 0.441. The number of primary amides is 1. The summed E-state index contributed by atoms with van der Waals surface area (Å²) in [5.41, 5.74) is 5.25. The van der Waals surface area contributed by atoms with Gasteiger partial charge in [-0.3, -0.25) is 19.6 Å². The van der Waals surface area contributed by atoms with Gasteiger partial charge < -0.3 is 15.4 Å². The van der Waals surface area contributed by atoms with Crippen LogP contribution in [0.1, 0.15) is 64.1 Å². The zero-order valence-electron chi connectivity index (χ0n) is 27.2. The van der Waals surface area contributed by atoms with E-state index in [4.69, 9.17) is 48.6 Å². The number of amidine groups is 1. The highest BCUT2D eigenvalue weighted by Crippen LogP contribution is 2.54. The number of carbonyl (C=O) groups is 2. The van der Waals surface area contributed by atoms with Gasteiger partial charge in [0.25, 0.3) is 0 Å². The van der Waals surface area contributed by atoms with Crippen LogP contribution in [0.15, 0.2) is 59.7 Å². The quantitative estimate of drug-likeness (QED) is 0.351. The van der Waals surface area contributed by atoms with Crippen molar-refractivity contribution >= 4 is 41.0 Å². The molecule has 46 heavy (non-hydrogen) atoms. The van der Waals surface area contributed by atoms with Gasteiger partial charge in [0.1, 0.15) is 22.7 Å². The lowest BCUT2D eigenvalue weighted by atomic mass is 9.71. The van der Waals surface area contributed by atoms with Crippen LogP contribution in [0.25, 0.3) is 0 Å². The van der Waals surface area contributed by atoms with E-state index in [2.05, 4.69) is 0 Å². The second-order valence-electron chi connectivity index (χ2n) is 13.0. The fourth-order valence-electron chi connectivity index (χ4n) is 6.15. The van der Waals surface area contributed by atoms with Crippen LogP contribution in [-0.4, -0.2) is 81.8 Å². The summed E-state index contributed by atoms with van der Waals surface area (Å²) in [6.07, 6.45) is 1.71. The van der Waals surface area contributed by atoms with Gasteiger partial charge in [0, 0.05) is 47.8 Å². The third-order valence-corrected chi connectivity index (χ3v) is 9.41. The molecule has 2 aliphatic rings. The third kappa shape index (κ3) is 6.18. The number of hydrogen-bond donors (Lipinski definition) is 1. The van der Waals surface area contributed by atoms with E-state index < -0.39 is 17.0 Å². The highest BCUT2D eigenvalue weighted by Gasteiger charge is 2.60. The van der Waals surface area contributed by atoms with Crippen molar-refractivity contribution in [3.63, 3.8) is 0 Å². The molecule has 0 unspecified atom stereocenters. The lowest BCUT2D eigenvalue weighted by Crippen LogP contribution is -2.61. The van der Waals surface area contributed by atoms with Crippen molar-refractivity contribution in [2.24, 2.45) is 10.7 Å². The zero-order valence-corrected chi connectivity index (χ0v) is 28.7. The standard InChI is InChI=1S/C34H41Cl2N7O3/c1-7-46-29-26(20-38-30(39-29)32(2,3)4)28-40-33(5,22-8-12-24(35)13-9-22)34(6,23-10-14-25(36)15-11-23)43(28)31(45)42-18-16-41(17-19-42)21-27(37)44/h8-15,20H,7,16-19,21H2,1-6H3,(H2,37,44)/t33-,34+/m0/s1. The molecule has 1 aromatic heterocycles. The molecule has 2 aliphatic heterocycles. The molecule has 5 rings (SSSR count). The molecular weight excluding hydrogens is 625 g/mol. The summed E-state index contributed by atoms with van der Waals surface area (Å²) in [6.45, 7) is 14.4. The summed E-state index contributed by atoms with van der Waals surface area (Å²) in [7, 11) is 0. The normalized spacial score (nSPS) is 22.1. The Labute approximate surface area is 280 Å². The van der Waals surface area contributed by atoms with Crippen LogP contribution in [0.3, 0.4) is 0 Å². The van der Waals surface area contributed by atoms with E-state index in [9.17, 15) is 9.59 Å². The first-order valence-electron chi connectivity index (χ1n) is 15.4. The van der Waals surface area contributed by atoms with Gasteiger partial charge >= 0.3 is 6.03 Å². The van der Waals surface area contributed by atoms with Gasteiger partial charge in [-0.1, -0.05) is 68.2 Å². The first-order chi connectivity index (χ1) is 21.7. The number of nitrogens with two attached hydrogens (primary N) is 1. The number of piperazine rings is 1. The Kier molecular flexibility index (Phi) is 9.37. The second kappa shape index (κ2) is 12.8. The monoisotopic (exact) mass is 665 g/mol. The predicted molar refractivity (Wildman–Crippen MR) is 180 cm³/mol. The summed E-state index contributed by atoms with van der Waals surface area (Å²) in [4.78, 5) is 47.0. The molecule has 10 nitrogen and oxygen atoms in total. The smallest absolute Gasteiger partial charge is 0.326 e. The van der Waals surface area contributed by atoms with E-state index in [0.29, 0.717) is 65.9 Å². The summed E-state index contributed by atoms with van der Waals surface area (Å²) in [6, 6.07) is 14.8. The van der Waals surface area contributed by atoms with Gasteiger partial charge in [-0.15, -0.1) is 0 Å². The number of halogens is 2. The van der Waals surface area contributed by atoms with E-state index >= 15 is 0 Å². The molecule has 0 spiro atoms. The molecule has 2 aromatic carbocycles. The third-order valence-electron chi connectivity index (χ3n) is 8.91. The topological polar surface area (TPSA) is 117 Å². The minimum absolute atomic E-state index is 0.144. The highest BCUT2D eigenvalue weighted by atomic mass is 35.5. The molecule has 2 N–H and O–H groups in total. The number of benzene rings is 2. The number of amides is 3. The van der Waals surface area contributed by atoms with E-state index in [1.807, 2.05) is 95.0 Å². The summed E-state index contributed by atoms with van der Waals surface area (Å²) in [5.74, 6) is 0.958. The first kappa shape index (κ1) is 33.6. The number of carbonyl (C=O) groups excluding carboxylic acids is 2. The maximum absolute atomic E-state index is 15.0. The van der Waals surface area contributed by atoms with Crippen LogP contribution in [-0.2, 0) is 21.3 Å². The molecule has 0 bridgehead atoms. The van der Waals surface area contributed by atoms with Gasteiger partial charge in [-0.25, -0.2) is 9.78 Å². The number of ether oxygens (including phenoxy) is 1. The number of hydrogen-bond acceptors (Lipinski definition) is 7. The van der Waals surface area contributed by atoms with Crippen molar-refractivity contribution in [2.75, 3.05) is 39.3 Å². The maximum Gasteiger partial charge on any atom is 0.326 e. The Balaban J connectivity index is 1.73. The van der Waals surface area contributed by atoms with Gasteiger partial charge in [0.05, 0.1) is 18.7 Å². The van der Waals surface area contributed by atoms with Crippen LogP contribution < -0.4 is 10.5 Å². The minimum Gasteiger partial charge on any atom is -0.477 e. The molecular formula is C34H41Cl2N7O3. The fourth-order valence-corrected chi connectivity index (χ4v) is 6.41. The summed E-state index contributed by atoms with van der Waals surface area (Å²) < 4.78 is 6.12. The Bertz CT molecular complexity index is 1630. The molecule has 12 heteroatoms. The average molecular weight is 667 g/mol. The van der Waals surface area contributed by atoms with Crippen LogP contribution in [0.4, 0.5) is 4.79 Å². The zero-order chi connectivity index (χ0) is 33.4. The molecule has 2 atom stereocenters. The first-order valence-corrected chi connectivity index (χ1v) is 16.2. The van der Waals surface area contributed by atoms with E-state index in [1.54, 1.807) is 16.0 Å². The number of aromatic nitrogens is 2. The molecule has 3 amide bonds. The van der Waals surface area contributed by atoms with Crippen LogP contribution >= 0.6 is 23.2 Å². The molecule has 0 saturated carbocycles. The Morgan fingerprint density at radius 3 is 2.02 bits per heavy atom.